The first kappa shape index (κ1) is 7.31. The second kappa shape index (κ2) is 2.95. The number of hydrogen-bond donors (Lipinski definition) is 1. The third-order valence-corrected chi connectivity index (χ3v) is 1.70. The minimum atomic E-state index is 0.536. The van der Waals surface area contributed by atoms with Gasteiger partial charge in [-0.15, -0.1) is 0 Å². The van der Waals surface area contributed by atoms with Gasteiger partial charge in [0.1, 0.15) is 5.15 Å². The zero-order chi connectivity index (χ0) is 8.39. The van der Waals surface area contributed by atoms with Crippen LogP contribution in [0.3, 0.4) is 0 Å². The van der Waals surface area contributed by atoms with Gasteiger partial charge in [-0.2, -0.15) is 5.10 Å². The molecule has 0 saturated heterocycles. The van der Waals surface area contributed by atoms with E-state index >= 15 is 0 Å². The molecule has 0 fully saturated rings. The number of halogens is 1. The van der Waals surface area contributed by atoms with Gasteiger partial charge in [-0.05, 0) is 12.1 Å². The number of hydrogen-bond acceptors (Lipinski definition) is 2. The molecule has 0 radical (unpaired) electrons. The number of nitrogens with one attached hydrogen (secondary N) is 1. The summed E-state index contributed by atoms with van der Waals surface area (Å²) >= 11 is 5.67. The molecule has 12 heavy (non-hydrogen) atoms. The summed E-state index contributed by atoms with van der Waals surface area (Å²) in [5.74, 6) is 0. The lowest BCUT2D eigenvalue weighted by atomic mass is 10.2. The molecule has 0 aliphatic carbocycles. The van der Waals surface area contributed by atoms with Crippen LogP contribution < -0.4 is 0 Å². The lowest BCUT2D eigenvalue weighted by Crippen LogP contribution is -1.77. The van der Waals surface area contributed by atoms with E-state index in [9.17, 15) is 0 Å². The fourth-order valence-electron chi connectivity index (χ4n) is 0.960. The van der Waals surface area contributed by atoms with Crippen molar-refractivity contribution in [1.82, 2.24) is 15.2 Å². The summed E-state index contributed by atoms with van der Waals surface area (Å²) in [6.45, 7) is 0. The highest BCUT2D eigenvalue weighted by Gasteiger charge is 2.00. The molecule has 0 bridgehead atoms. The van der Waals surface area contributed by atoms with Crippen LogP contribution in [0, 0.1) is 0 Å². The van der Waals surface area contributed by atoms with Gasteiger partial charge in [0.25, 0.3) is 0 Å². The maximum absolute atomic E-state index is 5.67. The van der Waals surface area contributed by atoms with Gasteiger partial charge >= 0.3 is 0 Å². The fraction of sp³-hybridized carbons (Fsp3) is 0. The fourth-order valence-corrected chi connectivity index (χ4v) is 1.11. The van der Waals surface area contributed by atoms with Gasteiger partial charge in [0, 0.05) is 24.0 Å². The number of nitrogens with zero attached hydrogens (tertiary/aromatic N) is 2. The molecule has 3 nitrogen and oxygen atoms in total. The summed E-state index contributed by atoms with van der Waals surface area (Å²) in [4.78, 5) is 3.97. The number of rotatable bonds is 1. The summed E-state index contributed by atoms with van der Waals surface area (Å²) in [5, 5.41) is 7.18. The van der Waals surface area contributed by atoms with Crippen LogP contribution in [0.4, 0.5) is 0 Å². The molecule has 4 heteroatoms. The molecule has 1 N–H and O–H groups in total. The van der Waals surface area contributed by atoms with Gasteiger partial charge in [0.15, 0.2) is 0 Å². The van der Waals surface area contributed by atoms with E-state index in [2.05, 4.69) is 15.2 Å². The van der Waals surface area contributed by atoms with E-state index < -0.39 is 0 Å². The summed E-state index contributed by atoms with van der Waals surface area (Å²) in [6.07, 6.45) is 3.46. The monoisotopic (exact) mass is 179 g/mol. The molecule has 2 rings (SSSR count). The van der Waals surface area contributed by atoms with Crippen LogP contribution in [0.5, 0.6) is 0 Å². The zero-order valence-corrected chi connectivity index (χ0v) is 6.92. The molecule has 0 spiro atoms. The highest BCUT2D eigenvalue weighted by Crippen LogP contribution is 2.17. The van der Waals surface area contributed by atoms with Crippen LogP contribution in [0.1, 0.15) is 0 Å². The first-order chi connectivity index (χ1) is 5.86. The number of H-pyrrole nitrogens is 1. The Labute approximate surface area is 74.4 Å². The topological polar surface area (TPSA) is 41.6 Å². The standard InChI is InChI=1S/C8H6ClN3/c9-8-4-7(11-12-8)6-2-1-3-10-5-6/h1-5H,(H,11,12). The van der Waals surface area contributed by atoms with Crippen LogP contribution >= 0.6 is 11.6 Å². The maximum Gasteiger partial charge on any atom is 0.124 e. The van der Waals surface area contributed by atoms with Crippen molar-refractivity contribution in [2.45, 2.75) is 0 Å². The molecule has 2 heterocycles. The normalized spacial score (nSPS) is 10.1. The van der Waals surface area contributed by atoms with Crippen LogP contribution in [0.2, 0.25) is 5.15 Å². The summed E-state index contributed by atoms with van der Waals surface area (Å²) in [7, 11) is 0. The smallest absolute Gasteiger partial charge is 0.124 e. The van der Waals surface area contributed by atoms with E-state index in [0.29, 0.717) is 5.15 Å². The van der Waals surface area contributed by atoms with E-state index in [4.69, 9.17) is 11.6 Å². The minimum Gasteiger partial charge on any atom is -0.267 e. The third kappa shape index (κ3) is 1.31. The van der Waals surface area contributed by atoms with Gasteiger partial charge in [-0.3, -0.25) is 10.1 Å². The average molecular weight is 180 g/mol. The van der Waals surface area contributed by atoms with Crippen molar-refractivity contribution in [1.29, 1.82) is 0 Å². The summed E-state index contributed by atoms with van der Waals surface area (Å²) < 4.78 is 0. The maximum atomic E-state index is 5.67. The minimum absolute atomic E-state index is 0.536. The molecule has 0 aliphatic heterocycles. The predicted molar refractivity (Wildman–Crippen MR) is 46.8 cm³/mol. The van der Waals surface area contributed by atoms with E-state index in [1.807, 2.05) is 12.1 Å². The Bertz CT molecular complexity index is 369. The second-order valence-corrected chi connectivity index (χ2v) is 2.75. The molecule has 0 atom stereocenters. The molecule has 2 aromatic heterocycles. The first-order valence-corrected chi connectivity index (χ1v) is 3.85. The Hall–Kier alpha value is -1.35. The number of aromatic nitrogens is 3. The molecular weight excluding hydrogens is 174 g/mol. The SMILES string of the molecule is Clc1cc(-c2cccnc2)n[nH]1. The molecule has 0 saturated carbocycles. The van der Waals surface area contributed by atoms with Crippen LogP contribution in [0.15, 0.2) is 30.6 Å². The Morgan fingerprint density at radius 2 is 2.33 bits per heavy atom. The molecule has 0 unspecified atom stereocenters. The van der Waals surface area contributed by atoms with Gasteiger partial charge in [0.2, 0.25) is 0 Å². The van der Waals surface area contributed by atoms with Gasteiger partial charge in [-0.25, -0.2) is 0 Å². The van der Waals surface area contributed by atoms with Crippen LogP contribution in [-0.4, -0.2) is 15.2 Å². The van der Waals surface area contributed by atoms with Crippen LogP contribution in [0.25, 0.3) is 11.3 Å². The van der Waals surface area contributed by atoms with E-state index in [1.165, 1.54) is 0 Å². The summed E-state index contributed by atoms with van der Waals surface area (Å²) in [6, 6.07) is 5.55. The van der Waals surface area contributed by atoms with Crippen molar-refractivity contribution >= 4 is 11.6 Å². The van der Waals surface area contributed by atoms with Crippen molar-refractivity contribution < 1.29 is 0 Å². The lowest BCUT2D eigenvalue weighted by Gasteiger charge is -1.91. The molecular formula is C8H6ClN3. The molecule has 2 aromatic rings. The highest BCUT2D eigenvalue weighted by atomic mass is 35.5. The molecule has 60 valence electrons. The van der Waals surface area contributed by atoms with E-state index in [-0.39, 0.29) is 0 Å². The van der Waals surface area contributed by atoms with Crippen molar-refractivity contribution in [3.8, 4) is 11.3 Å². The molecule has 0 amide bonds. The molecule has 0 aromatic carbocycles. The Kier molecular flexibility index (Phi) is 1.80. The third-order valence-electron chi connectivity index (χ3n) is 1.50. The van der Waals surface area contributed by atoms with Gasteiger partial charge in [-0.1, -0.05) is 11.6 Å². The number of pyridine rings is 1. The summed E-state index contributed by atoms with van der Waals surface area (Å²) in [5.41, 5.74) is 1.77. The van der Waals surface area contributed by atoms with E-state index in [0.717, 1.165) is 11.3 Å². The lowest BCUT2D eigenvalue weighted by molar-refractivity contribution is 1.09. The van der Waals surface area contributed by atoms with Crippen LogP contribution in [-0.2, 0) is 0 Å². The Morgan fingerprint density at radius 3 is 2.92 bits per heavy atom. The largest absolute Gasteiger partial charge is 0.267 e. The zero-order valence-electron chi connectivity index (χ0n) is 6.16. The average Bonchev–Trinajstić information content (AvgIpc) is 2.54. The second-order valence-electron chi connectivity index (χ2n) is 2.34. The quantitative estimate of drug-likeness (QED) is 0.729. The Morgan fingerprint density at radius 1 is 1.42 bits per heavy atom. The van der Waals surface area contributed by atoms with E-state index in [1.54, 1.807) is 18.5 Å². The Balaban J connectivity index is 2.45. The first-order valence-electron chi connectivity index (χ1n) is 3.47. The van der Waals surface area contributed by atoms with Crippen molar-refractivity contribution in [2.75, 3.05) is 0 Å². The van der Waals surface area contributed by atoms with Gasteiger partial charge in [0.05, 0.1) is 5.69 Å². The number of aromatic amines is 1. The van der Waals surface area contributed by atoms with Crippen molar-refractivity contribution in [3.05, 3.63) is 35.7 Å². The highest BCUT2D eigenvalue weighted by molar-refractivity contribution is 6.29. The van der Waals surface area contributed by atoms with Crippen molar-refractivity contribution in [3.63, 3.8) is 0 Å². The van der Waals surface area contributed by atoms with Gasteiger partial charge < -0.3 is 0 Å². The predicted octanol–water partition coefficient (Wildman–Crippen LogP) is 2.13. The van der Waals surface area contributed by atoms with Crippen molar-refractivity contribution in [2.24, 2.45) is 0 Å². The molecule has 0 aliphatic rings.